The van der Waals surface area contributed by atoms with Crippen LogP contribution in [0.5, 0.6) is 11.8 Å². The molecule has 1 aliphatic carbocycles. The van der Waals surface area contributed by atoms with Crippen LogP contribution in [0.1, 0.15) is 44.1 Å². The molecule has 3 aromatic heterocycles. The fraction of sp³-hybridized carbons (Fsp3) is 0.500. The van der Waals surface area contributed by atoms with Gasteiger partial charge in [0.2, 0.25) is 0 Å². The number of rotatable bonds is 5. The molecular formula is C24H26N6O3. The predicted molar refractivity (Wildman–Crippen MR) is 119 cm³/mol. The second-order valence-corrected chi connectivity index (χ2v) is 9.05. The minimum Gasteiger partial charge on any atom is -0.488 e. The third-order valence-electron chi connectivity index (χ3n) is 6.82. The molecule has 0 amide bonds. The normalized spacial score (nSPS) is 26.8. The van der Waals surface area contributed by atoms with Crippen molar-refractivity contribution in [3.8, 4) is 17.8 Å². The van der Waals surface area contributed by atoms with Gasteiger partial charge in [-0.05, 0) is 44.6 Å². The van der Waals surface area contributed by atoms with Gasteiger partial charge >= 0.3 is 6.01 Å². The van der Waals surface area contributed by atoms with Gasteiger partial charge in [-0.3, -0.25) is 0 Å². The molecule has 6 rings (SSSR count). The molecule has 33 heavy (non-hydrogen) atoms. The molecule has 0 radical (unpaired) electrons. The number of hydrogen-bond donors (Lipinski definition) is 0. The lowest BCUT2D eigenvalue weighted by Crippen LogP contribution is -2.42. The third-order valence-corrected chi connectivity index (χ3v) is 6.82. The lowest BCUT2D eigenvalue weighted by Gasteiger charge is -2.34. The number of nitriles is 1. The Bertz CT molecular complexity index is 1160. The minimum atomic E-state index is 0.0582. The van der Waals surface area contributed by atoms with Crippen molar-refractivity contribution >= 4 is 11.2 Å². The summed E-state index contributed by atoms with van der Waals surface area (Å²) in [6.45, 7) is 1.75. The molecule has 2 unspecified atom stereocenters. The van der Waals surface area contributed by atoms with Gasteiger partial charge < -0.3 is 19.1 Å². The van der Waals surface area contributed by atoms with Gasteiger partial charge in [-0.25, -0.2) is 14.5 Å². The van der Waals surface area contributed by atoms with Crippen LogP contribution in [0.25, 0.3) is 5.52 Å². The molecular weight excluding hydrogens is 420 g/mol. The summed E-state index contributed by atoms with van der Waals surface area (Å²) in [5.74, 6) is 0.719. The minimum absolute atomic E-state index is 0.0582. The Morgan fingerprint density at radius 2 is 1.67 bits per heavy atom. The molecule has 3 fully saturated rings. The summed E-state index contributed by atoms with van der Waals surface area (Å²) in [6, 6.07) is 6.53. The highest BCUT2D eigenvalue weighted by atomic mass is 16.5. The standard InChI is InChI=1S/C24H26N6O3/c25-11-16-12-28-30-13-17(29-14-20-6-7-21(15-29)31-20)10-22(23(16)30)32-18-2-4-19(5-3-18)33-24-26-8-1-9-27-24/h1,8-10,12-13,18-21H,2-7,14-15H2/t18-,19+,20?,21?. The number of pyridine rings is 1. The van der Waals surface area contributed by atoms with E-state index in [1.165, 1.54) is 0 Å². The molecule has 2 bridgehead atoms. The number of ether oxygens (including phenoxy) is 3. The Balaban J connectivity index is 1.20. The Morgan fingerprint density at radius 1 is 0.970 bits per heavy atom. The summed E-state index contributed by atoms with van der Waals surface area (Å²) in [5.41, 5.74) is 2.31. The van der Waals surface area contributed by atoms with Gasteiger partial charge in [0.15, 0.2) is 0 Å². The van der Waals surface area contributed by atoms with Crippen molar-refractivity contribution < 1.29 is 14.2 Å². The van der Waals surface area contributed by atoms with Crippen molar-refractivity contribution in [2.45, 2.75) is 62.9 Å². The SMILES string of the molecule is N#Cc1cnn2cc(N3CC4CCC(C3)O4)cc(O[C@H]3CC[C@@H](Oc4ncccn4)CC3)c12. The fourth-order valence-electron chi connectivity index (χ4n) is 5.18. The summed E-state index contributed by atoms with van der Waals surface area (Å²) in [5, 5.41) is 14.0. The summed E-state index contributed by atoms with van der Waals surface area (Å²) >= 11 is 0. The van der Waals surface area contributed by atoms with Crippen LogP contribution in [-0.4, -0.2) is 57.1 Å². The van der Waals surface area contributed by atoms with Crippen LogP contribution in [0.4, 0.5) is 5.69 Å². The second-order valence-electron chi connectivity index (χ2n) is 9.05. The Kier molecular flexibility index (Phi) is 5.23. The van der Waals surface area contributed by atoms with E-state index >= 15 is 0 Å². The van der Waals surface area contributed by atoms with E-state index in [2.05, 4.69) is 32.1 Å². The van der Waals surface area contributed by atoms with Crippen LogP contribution < -0.4 is 14.4 Å². The number of nitrogens with zero attached hydrogens (tertiary/aromatic N) is 6. The summed E-state index contributed by atoms with van der Waals surface area (Å²) in [4.78, 5) is 10.7. The number of morpholine rings is 1. The zero-order chi connectivity index (χ0) is 22.2. The molecule has 0 N–H and O–H groups in total. The summed E-state index contributed by atoms with van der Waals surface area (Å²) in [6.07, 6.45) is 13.4. The monoisotopic (exact) mass is 446 g/mol. The van der Waals surface area contributed by atoms with E-state index in [9.17, 15) is 5.26 Å². The highest BCUT2D eigenvalue weighted by Gasteiger charge is 2.34. The highest BCUT2D eigenvalue weighted by Crippen LogP contribution is 2.35. The van der Waals surface area contributed by atoms with Crippen LogP contribution in [-0.2, 0) is 4.74 Å². The Morgan fingerprint density at radius 3 is 2.36 bits per heavy atom. The van der Waals surface area contributed by atoms with Gasteiger partial charge in [0.1, 0.15) is 29.0 Å². The molecule has 9 heteroatoms. The van der Waals surface area contributed by atoms with Crippen molar-refractivity contribution in [2.75, 3.05) is 18.0 Å². The highest BCUT2D eigenvalue weighted by molar-refractivity contribution is 5.72. The van der Waals surface area contributed by atoms with Crippen molar-refractivity contribution in [3.05, 3.63) is 42.5 Å². The van der Waals surface area contributed by atoms with Crippen LogP contribution in [0, 0.1) is 11.3 Å². The van der Waals surface area contributed by atoms with Crippen LogP contribution in [0.3, 0.4) is 0 Å². The van der Waals surface area contributed by atoms with E-state index in [4.69, 9.17) is 14.2 Å². The average Bonchev–Trinajstić information content (AvgIpc) is 3.43. The molecule has 5 heterocycles. The zero-order valence-electron chi connectivity index (χ0n) is 18.3. The molecule has 3 aliphatic rings. The van der Waals surface area contributed by atoms with Gasteiger partial charge in [0.05, 0.1) is 36.4 Å². The van der Waals surface area contributed by atoms with Gasteiger partial charge in [0.25, 0.3) is 0 Å². The van der Waals surface area contributed by atoms with Crippen molar-refractivity contribution in [1.82, 2.24) is 19.6 Å². The molecule has 1 saturated carbocycles. The molecule has 9 nitrogen and oxygen atoms in total. The maximum atomic E-state index is 9.61. The number of fused-ring (bicyclic) bond motifs is 3. The number of aromatic nitrogens is 4. The molecule has 170 valence electrons. The van der Waals surface area contributed by atoms with Crippen LogP contribution in [0.2, 0.25) is 0 Å². The molecule has 2 aliphatic heterocycles. The van der Waals surface area contributed by atoms with Gasteiger partial charge in [-0.15, -0.1) is 0 Å². The lowest BCUT2D eigenvalue weighted by atomic mass is 9.95. The van der Waals surface area contributed by atoms with Crippen LogP contribution >= 0.6 is 0 Å². The van der Waals surface area contributed by atoms with Gasteiger partial charge in [-0.2, -0.15) is 10.4 Å². The molecule has 2 saturated heterocycles. The molecule has 2 atom stereocenters. The molecule has 0 aromatic carbocycles. The molecule has 0 spiro atoms. The Hall–Kier alpha value is -3.38. The van der Waals surface area contributed by atoms with Crippen LogP contribution in [0.15, 0.2) is 36.9 Å². The maximum absolute atomic E-state index is 9.61. The summed E-state index contributed by atoms with van der Waals surface area (Å²) in [7, 11) is 0. The van der Waals surface area contributed by atoms with E-state index in [0.717, 1.165) is 68.6 Å². The van der Waals surface area contributed by atoms with E-state index < -0.39 is 0 Å². The van der Waals surface area contributed by atoms with E-state index in [1.807, 2.05) is 6.20 Å². The van der Waals surface area contributed by atoms with E-state index in [0.29, 0.717) is 23.8 Å². The topological polar surface area (TPSA) is 97.8 Å². The fourth-order valence-corrected chi connectivity index (χ4v) is 5.18. The maximum Gasteiger partial charge on any atom is 0.316 e. The van der Waals surface area contributed by atoms with E-state index in [-0.39, 0.29) is 12.2 Å². The van der Waals surface area contributed by atoms with E-state index in [1.54, 1.807) is 29.2 Å². The molecule has 3 aromatic rings. The smallest absolute Gasteiger partial charge is 0.316 e. The predicted octanol–water partition coefficient (Wildman–Crippen LogP) is 3.13. The first kappa shape index (κ1) is 20.2. The van der Waals surface area contributed by atoms with Crippen molar-refractivity contribution in [1.29, 1.82) is 5.26 Å². The van der Waals surface area contributed by atoms with Crippen molar-refractivity contribution in [3.63, 3.8) is 0 Å². The number of anilines is 1. The zero-order valence-corrected chi connectivity index (χ0v) is 18.3. The van der Waals surface area contributed by atoms with Crippen molar-refractivity contribution in [2.24, 2.45) is 0 Å². The lowest BCUT2D eigenvalue weighted by molar-refractivity contribution is 0.0304. The Labute approximate surface area is 191 Å². The first-order valence-corrected chi connectivity index (χ1v) is 11.7. The largest absolute Gasteiger partial charge is 0.488 e. The average molecular weight is 447 g/mol. The summed E-state index contributed by atoms with van der Waals surface area (Å²) < 4.78 is 20.2. The third kappa shape index (κ3) is 4.07. The number of hydrogen-bond acceptors (Lipinski definition) is 8. The first-order valence-electron chi connectivity index (χ1n) is 11.7. The first-order chi connectivity index (χ1) is 16.2. The van der Waals surface area contributed by atoms with Gasteiger partial charge in [-0.1, -0.05) is 0 Å². The quantitative estimate of drug-likeness (QED) is 0.590. The second kappa shape index (κ2) is 8.52. The van der Waals surface area contributed by atoms with Gasteiger partial charge in [0, 0.05) is 31.5 Å².